The first-order valence-corrected chi connectivity index (χ1v) is 19.7. The van der Waals surface area contributed by atoms with Crippen LogP contribution in [0.25, 0.3) is 67.5 Å². The molecule has 2 aliphatic rings. The van der Waals surface area contributed by atoms with E-state index < -0.39 is 24.1 Å². The number of phenolic OH excluding ortho intramolecular Hbond substituents is 1. The highest BCUT2D eigenvalue weighted by Gasteiger charge is 2.34. The van der Waals surface area contributed by atoms with Crippen LogP contribution in [0.3, 0.4) is 0 Å². The molecule has 14 nitrogen and oxygen atoms in total. The lowest BCUT2D eigenvalue weighted by Crippen LogP contribution is -2.17. The molecule has 0 saturated heterocycles. The number of aromatic nitrogens is 6. The van der Waals surface area contributed by atoms with E-state index in [9.17, 15) is 33.1 Å². The highest BCUT2D eigenvalue weighted by atomic mass is 35.5. The molecule has 2 atom stereocenters. The normalized spacial score (nSPS) is 15.8. The molecule has 10 rings (SSSR count). The topological polar surface area (TPSA) is 206 Å². The van der Waals surface area contributed by atoms with Crippen molar-refractivity contribution in [2.45, 2.75) is 56.7 Å². The van der Waals surface area contributed by atoms with Crippen LogP contribution in [0.4, 0.5) is 13.2 Å². The van der Waals surface area contributed by atoms with Gasteiger partial charge in [-0.3, -0.25) is 9.59 Å². The van der Waals surface area contributed by atoms with E-state index in [-0.39, 0.29) is 64.2 Å². The lowest BCUT2D eigenvalue weighted by atomic mass is 10.0. The largest absolute Gasteiger partial charge is 0.573 e. The molecular weight excluding hydrogens is 831 g/mol. The quantitative estimate of drug-likeness (QED) is 0.0916. The number of carbonyl (C=O) groups excluding carboxylic acids is 2. The minimum absolute atomic E-state index is 0.0138. The van der Waals surface area contributed by atoms with Crippen molar-refractivity contribution in [2.24, 2.45) is 0 Å². The lowest BCUT2D eigenvalue weighted by molar-refractivity contribution is -0.274. The first kappa shape index (κ1) is 38.7. The Hall–Kier alpha value is -7.45. The van der Waals surface area contributed by atoms with Crippen LogP contribution in [-0.2, 0) is 27.2 Å². The number of halogens is 4. The van der Waals surface area contributed by atoms with Crippen LogP contribution in [0.5, 0.6) is 11.5 Å². The van der Waals surface area contributed by atoms with Gasteiger partial charge in [0.1, 0.15) is 17.6 Å². The zero-order valence-corrected chi connectivity index (χ0v) is 32.7. The minimum Gasteiger partial charge on any atom is -0.506 e. The number of esters is 2. The molecule has 18 heteroatoms. The fourth-order valence-electron chi connectivity index (χ4n) is 8.51. The third-order valence-corrected chi connectivity index (χ3v) is 11.7. The Balaban J connectivity index is 0.787. The monoisotopic (exact) mass is 859 g/mol. The van der Waals surface area contributed by atoms with Gasteiger partial charge in [0, 0.05) is 67.3 Å². The van der Waals surface area contributed by atoms with Crippen LogP contribution in [0, 0.1) is 11.3 Å². The van der Waals surface area contributed by atoms with Gasteiger partial charge in [-0.1, -0.05) is 21.9 Å². The van der Waals surface area contributed by atoms with Crippen LogP contribution in [0.2, 0.25) is 5.02 Å². The molecule has 0 aliphatic heterocycles. The van der Waals surface area contributed by atoms with Crippen molar-refractivity contribution in [3.05, 3.63) is 106 Å². The number of fused-ring (bicyclic) bond motifs is 6. The molecule has 310 valence electrons. The highest BCUT2D eigenvalue weighted by Crippen LogP contribution is 2.43. The van der Waals surface area contributed by atoms with Crippen molar-refractivity contribution >= 4 is 45.3 Å². The Morgan fingerprint density at radius 2 is 1.29 bits per heavy atom. The Kier molecular flexibility index (Phi) is 9.32. The van der Waals surface area contributed by atoms with Crippen molar-refractivity contribution in [2.75, 3.05) is 0 Å². The molecule has 0 saturated carbocycles. The van der Waals surface area contributed by atoms with E-state index in [4.69, 9.17) is 25.4 Å². The van der Waals surface area contributed by atoms with Gasteiger partial charge in [0.05, 0.1) is 23.4 Å². The molecule has 2 unspecified atom stereocenters. The number of nitrogens with zero attached hydrogens (tertiary/aromatic N) is 5. The number of nitrogens with one attached hydrogen (secondary N) is 2. The summed E-state index contributed by atoms with van der Waals surface area (Å²) in [6, 6.07) is 21.1. The van der Waals surface area contributed by atoms with Crippen molar-refractivity contribution < 1.29 is 46.4 Å². The minimum atomic E-state index is -5.00. The number of aryl methyl sites for hydroxylation is 2. The van der Waals surface area contributed by atoms with Gasteiger partial charge in [0.15, 0.2) is 0 Å². The molecule has 0 radical (unpaired) electrons. The number of alkyl halides is 3. The molecule has 8 aromatic rings. The van der Waals surface area contributed by atoms with Crippen LogP contribution in [-0.4, -0.2) is 53.7 Å². The maximum Gasteiger partial charge on any atom is 0.573 e. The smallest absolute Gasteiger partial charge is 0.506 e. The molecule has 4 heterocycles. The molecule has 4 aromatic carbocycles. The zero-order chi connectivity index (χ0) is 42.9. The number of hydrogen-bond donors (Lipinski definition) is 3. The third-order valence-electron chi connectivity index (χ3n) is 11.4. The predicted molar refractivity (Wildman–Crippen MR) is 215 cm³/mol. The summed E-state index contributed by atoms with van der Waals surface area (Å²) in [5.41, 5.74) is 7.35. The number of nitriles is 1. The van der Waals surface area contributed by atoms with E-state index in [0.717, 1.165) is 62.4 Å². The second kappa shape index (κ2) is 14.9. The zero-order valence-electron chi connectivity index (χ0n) is 32.0. The number of benzene rings is 4. The second-order valence-corrected chi connectivity index (χ2v) is 15.6. The molecule has 4 aromatic heterocycles. The summed E-state index contributed by atoms with van der Waals surface area (Å²) in [5.74, 6) is -1.52. The highest BCUT2D eigenvalue weighted by molar-refractivity contribution is 6.32. The first-order chi connectivity index (χ1) is 29.9. The number of hydrogen-bond acceptors (Lipinski definition) is 12. The summed E-state index contributed by atoms with van der Waals surface area (Å²) in [6.45, 7) is 0. The maximum atomic E-state index is 13.2. The van der Waals surface area contributed by atoms with Crippen LogP contribution in [0.15, 0.2) is 81.8 Å². The standard InChI is InChI=1S/C44H29ClF3N7O7/c45-31-15-24(7-12-34(31)56)42-52-40(54-61-42)22-5-10-32-29(13-22)27-8-3-20(38(27)50-32)17-36(57)59-37(58)18-21-4-9-28-30-14-23(6-11-33(30)51-39(21)28)41-53-43(62-55-41)25-1-2-26(19-49)35(16-25)60-44(46,47)48/h1-2,5-7,10-16,20-21,50-51,56H,3-4,8-9,17-18H2. The Bertz CT molecular complexity index is 3160. The summed E-state index contributed by atoms with van der Waals surface area (Å²) < 4.78 is 59.1. The van der Waals surface area contributed by atoms with E-state index >= 15 is 0 Å². The molecular formula is C44H29ClF3N7O7. The van der Waals surface area contributed by atoms with Gasteiger partial charge in [-0.2, -0.15) is 15.2 Å². The van der Waals surface area contributed by atoms with Gasteiger partial charge in [0.2, 0.25) is 11.6 Å². The molecule has 62 heavy (non-hydrogen) atoms. The van der Waals surface area contributed by atoms with Crippen molar-refractivity contribution in [1.82, 2.24) is 30.2 Å². The van der Waals surface area contributed by atoms with E-state index in [1.54, 1.807) is 24.3 Å². The number of phenols is 1. The Morgan fingerprint density at radius 3 is 1.81 bits per heavy atom. The van der Waals surface area contributed by atoms with Crippen molar-refractivity contribution in [3.63, 3.8) is 0 Å². The molecule has 0 fully saturated rings. The fraction of sp³-hybridized carbons (Fsp3) is 0.205. The number of aromatic hydroxyl groups is 1. The van der Waals surface area contributed by atoms with Gasteiger partial charge in [-0.15, -0.1) is 13.2 Å². The molecule has 0 bridgehead atoms. The Morgan fingerprint density at radius 1 is 0.774 bits per heavy atom. The molecule has 0 spiro atoms. The lowest BCUT2D eigenvalue weighted by Gasteiger charge is -2.11. The van der Waals surface area contributed by atoms with Gasteiger partial charge >= 0.3 is 18.3 Å². The van der Waals surface area contributed by atoms with E-state index in [1.807, 2.05) is 30.3 Å². The Labute approximate surface area is 352 Å². The second-order valence-electron chi connectivity index (χ2n) is 15.2. The SMILES string of the molecule is N#Cc1ccc(-c2nc(-c3ccc4[nH]c5c(c4c3)CCC5CC(=O)OC(=O)CC3CCc4c3[nH]c3ccc(-c5noc(-c6ccc(O)c(Cl)c6)n5)cc43)no2)cc1OC(F)(F)F. The molecule has 3 N–H and O–H groups in total. The number of H-pyrrole nitrogens is 2. The van der Waals surface area contributed by atoms with Crippen LogP contribution in [0.1, 0.15) is 65.6 Å². The summed E-state index contributed by atoms with van der Waals surface area (Å²) >= 11 is 6.06. The van der Waals surface area contributed by atoms with Crippen molar-refractivity contribution in [1.29, 1.82) is 5.26 Å². The molecule has 2 aliphatic carbocycles. The maximum absolute atomic E-state index is 13.2. The van der Waals surface area contributed by atoms with Crippen LogP contribution < -0.4 is 4.74 Å². The first-order valence-electron chi connectivity index (χ1n) is 19.4. The number of rotatable bonds is 9. The summed E-state index contributed by atoms with van der Waals surface area (Å²) in [7, 11) is 0. The number of carbonyl (C=O) groups is 2. The van der Waals surface area contributed by atoms with Gasteiger partial charge in [0.25, 0.3) is 11.8 Å². The van der Waals surface area contributed by atoms with Crippen LogP contribution >= 0.6 is 11.6 Å². The average molecular weight is 860 g/mol. The summed E-state index contributed by atoms with van der Waals surface area (Å²) in [6.07, 6.45) is -2.17. The summed E-state index contributed by atoms with van der Waals surface area (Å²) in [4.78, 5) is 42.1. The van der Waals surface area contributed by atoms with Gasteiger partial charge < -0.3 is 33.6 Å². The van der Waals surface area contributed by atoms with Gasteiger partial charge in [-0.25, -0.2) is 0 Å². The van der Waals surface area contributed by atoms with E-state index in [2.05, 4.69) is 35.0 Å². The van der Waals surface area contributed by atoms with E-state index in [1.165, 1.54) is 18.2 Å². The number of aromatic amines is 2. The average Bonchev–Trinajstić information content (AvgIpc) is 4.10. The number of ether oxygens (including phenoxy) is 2. The van der Waals surface area contributed by atoms with Crippen molar-refractivity contribution in [3.8, 4) is 63.3 Å². The van der Waals surface area contributed by atoms with Gasteiger partial charge in [-0.05, 0) is 110 Å². The molecule has 0 amide bonds. The third kappa shape index (κ3) is 7.17. The summed E-state index contributed by atoms with van der Waals surface area (Å²) in [5, 5.41) is 29.2. The van der Waals surface area contributed by atoms with E-state index in [0.29, 0.717) is 36.2 Å². The fourth-order valence-corrected chi connectivity index (χ4v) is 8.69. The predicted octanol–water partition coefficient (Wildman–Crippen LogP) is 9.82.